The smallest absolute Gasteiger partial charge is 0.268 e. The molecule has 75 heavy (non-hydrogen) atoms. The maximum absolute atomic E-state index is 13.0. The summed E-state index contributed by atoms with van der Waals surface area (Å²) in [4.78, 5) is 25.5. The minimum atomic E-state index is -4.60. The Morgan fingerprint density at radius 1 is 0.467 bits per heavy atom. The van der Waals surface area contributed by atoms with Crippen molar-refractivity contribution >= 4 is 13.7 Å². The predicted octanol–water partition coefficient (Wildman–Crippen LogP) is 19.9. The first-order valence-corrected chi connectivity index (χ1v) is 34.3. The molecule has 0 radical (unpaired) electrons. The molecule has 0 aromatic carbocycles. The molecule has 0 saturated carbocycles. The number of likely N-dealkylation sites (N-methyl/N-ethyl adjacent to an activating group) is 1. The Balaban J connectivity index is 3.93. The fourth-order valence-electron chi connectivity index (χ4n) is 9.95. The molecule has 0 rings (SSSR count). The number of hydrogen-bond acceptors (Lipinski definition) is 6. The highest BCUT2D eigenvalue weighted by Crippen LogP contribution is 2.38. The molecule has 0 aliphatic rings. The fraction of sp³-hybridized carbons (Fsp3) is 0.894. The second-order valence-electron chi connectivity index (χ2n) is 23.8. The number of nitrogens with zero attached hydrogens (tertiary/aromatic N) is 1. The summed E-state index contributed by atoms with van der Waals surface area (Å²) in [5.74, 6) is -0.191. The van der Waals surface area contributed by atoms with Gasteiger partial charge < -0.3 is 28.8 Å². The van der Waals surface area contributed by atoms with Crippen LogP contribution in [0, 0.1) is 0 Å². The summed E-state index contributed by atoms with van der Waals surface area (Å²) < 4.78 is 23.4. The Morgan fingerprint density at radius 2 is 0.773 bits per heavy atom. The Bertz CT molecular complexity index is 1320. The summed E-state index contributed by atoms with van der Waals surface area (Å²) in [7, 11) is 1.28. The Labute approximate surface area is 467 Å². The van der Waals surface area contributed by atoms with Gasteiger partial charge in [0.05, 0.1) is 39.9 Å². The van der Waals surface area contributed by atoms with E-state index >= 15 is 0 Å². The van der Waals surface area contributed by atoms with Gasteiger partial charge in [-0.1, -0.05) is 307 Å². The number of carbonyl (C=O) groups excluding carboxylic acids is 1. The zero-order valence-corrected chi connectivity index (χ0v) is 51.7. The zero-order chi connectivity index (χ0) is 54.9. The summed E-state index contributed by atoms with van der Waals surface area (Å²) in [5, 5.41) is 13.9. The molecule has 0 bridgehead atoms. The van der Waals surface area contributed by atoms with Crippen LogP contribution in [0.15, 0.2) is 36.5 Å². The summed E-state index contributed by atoms with van der Waals surface area (Å²) in [6.45, 7) is 4.68. The number of phosphoric acid groups is 1. The molecule has 0 spiro atoms. The molecule has 3 atom stereocenters. The molecule has 8 nitrogen and oxygen atoms in total. The number of hydrogen-bond donors (Lipinski definition) is 2. The molecule has 0 aromatic heterocycles. The molecular formula is C66H129N2O6P. The minimum absolute atomic E-state index is 0.00131. The second-order valence-corrected chi connectivity index (χ2v) is 25.2. The average molecular weight is 1080 g/mol. The van der Waals surface area contributed by atoms with Crippen molar-refractivity contribution in [2.45, 2.75) is 341 Å². The maximum atomic E-state index is 13.0. The van der Waals surface area contributed by atoms with Crippen molar-refractivity contribution in [2.24, 2.45) is 0 Å². The SMILES string of the molecule is CCCCCCC/C=C\C/C=C\CCCCCCCCCCCCCCCCCCCCCCCCCCCC(=O)NC(COP(=O)([O-])OCC[N+](C)(C)C)C(O)/C=C/CCCCCCCCCCCCCCCC. The van der Waals surface area contributed by atoms with Gasteiger partial charge >= 0.3 is 0 Å². The Kier molecular flexibility index (Phi) is 56.4. The third kappa shape index (κ3) is 60.2. The van der Waals surface area contributed by atoms with Gasteiger partial charge in [0.25, 0.3) is 7.82 Å². The molecule has 0 aliphatic heterocycles. The summed E-state index contributed by atoms with van der Waals surface area (Å²) in [6, 6.07) is -0.884. The van der Waals surface area contributed by atoms with Crippen molar-refractivity contribution in [3.8, 4) is 0 Å². The third-order valence-electron chi connectivity index (χ3n) is 15.1. The van der Waals surface area contributed by atoms with Crippen molar-refractivity contribution in [1.82, 2.24) is 5.32 Å². The van der Waals surface area contributed by atoms with E-state index in [1.54, 1.807) is 6.08 Å². The van der Waals surface area contributed by atoms with Crippen LogP contribution in [0.2, 0.25) is 0 Å². The number of nitrogens with one attached hydrogen (secondary N) is 1. The number of rotatable bonds is 61. The van der Waals surface area contributed by atoms with Crippen LogP contribution in [0.4, 0.5) is 0 Å². The number of quaternary nitrogens is 1. The first kappa shape index (κ1) is 73.7. The van der Waals surface area contributed by atoms with Crippen molar-refractivity contribution in [3.63, 3.8) is 0 Å². The van der Waals surface area contributed by atoms with E-state index in [9.17, 15) is 19.4 Å². The van der Waals surface area contributed by atoms with Crippen molar-refractivity contribution in [2.75, 3.05) is 40.9 Å². The normalized spacial score (nSPS) is 14.0. The number of amides is 1. The highest BCUT2D eigenvalue weighted by atomic mass is 31.2. The van der Waals surface area contributed by atoms with Crippen molar-refractivity contribution < 1.29 is 32.9 Å². The van der Waals surface area contributed by atoms with Crippen LogP contribution in [0.1, 0.15) is 328 Å². The van der Waals surface area contributed by atoms with E-state index in [0.717, 1.165) is 44.9 Å². The molecule has 0 saturated heterocycles. The molecule has 3 unspecified atom stereocenters. The first-order chi connectivity index (χ1) is 36.5. The van der Waals surface area contributed by atoms with E-state index in [0.29, 0.717) is 17.4 Å². The predicted molar refractivity (Wildman–Crippen MR) is 325 cm³/mol. The quantitative estimate of drug-likeness (QED) is 0.0272. The highest BCUT2D eigenvalue weighted by Gasteiger charge is 2.23. The molecule has 444 valence electrons. The lowest BCUT2D eigenvalue weighted by Gasteiger charge is -2.29. The summed E-state index contributed by atoms with van der Waals surface area (Å²) in [5.41, 5.74) is 0. The van der Waals surface area contributed by atoms with Crippen LogP contribution in [-0.2, 0) is 18.4 Å². The van der Waals surface area contributed by atoms with E-state index < -0.39 is 20.0 Å². The van der Waals surface area contributed by atoms with Crippen LogP contribution in [-0.4, -0.2) is 68.5 Å². The maximum Gasteiger partial charge on any atom is 0.268 e. The lowest BCUT2D eigenvalue weighted by atomic mass is 10.0. The van der Waals surface area contributed by atoms with Crippen LogP contribution in [0.25, 0.3) is 0 Å². The van der Waals surface area contributed by atoms with E-state index in [2.05, 4.69) is 43.5 Å². The monoisotopic (exact) mass is 1080 g/mol. The molecular weight excluding hydrogens is 948 g/mol. The standard InChI is InChI=1S/C66H129N2O6P/c1-6-8-10-12-14-16-18-20-22-24-25-26-27-28-29-30-31-32-33-34-35-36-37-38-39-40-41-42-43-44-46-48-50-52-54-56-58-60-66(70)67-64(63-74-75(71,72)73-62-61-68(3,4)5)65(69)59-57-55-53-51-49-47-45-23-21-19-17-15-13-11-9-7-2/h18,20,24-25,57,59,64-65,69H,6-17,19,21-23,26-56,58,60-63H2,1-5H3,(H-,67,70,71,72)/b20-18-,25-24-,59-57+. The van der Waals surface area contributed by atoms with Gasteiger partial charge in [-0.3, -0.25) is 9.36 Å². The molecule has 0 aromatic rings. The minimum Gasteiger partial charge on any atom is -0.756 e. The van der Waals surface area contributed by atoms with Crippen molar-refractivity contribution in [3.05, 3.63) is 36.5 Å². The average Bonchev–Trinajstić information content (AvgIpc) is 3.37. The lowest BCUT2D eigenvalue weighted by Crippen LogP contribution is -2.45. The van der Waals surface area contributed by atoms with E-state index in [1.165, 1.54) is 263 Å². The van der Waals surface area contributed by atoms with Gasteiger partial charge in [0.15, 0.2) is 0 Å². The summed E-state index contributed by atoms with van der Waals surface area (Å²) in [6.07, 6.45) is 75.4. The van der Waals surface area contributed by atoms with Gasteiger partial charge in [0, 0.05) is 6.42 Å². The zero-order valence-electron chi connectivity index (χ0n) is 50.8. The van der Waals surface area contributed by atoms with Crippen LogP contribution in [0.3, 0.4) is 0 Å². The molecule has 2 N–H and O–H groups in total. The van der Waals surface area contributed by atoms with Gasteiger partial charge in [0.2, 0.25) is 5.91 Å². The number of unbranched alkanes of at least 4 members (excludes halogenated alkanes) is 44. The number of aliphatic hydroxyl groups excluding tert-OH is 1. The topological polar surface area (TPSA) is 108 Å². The molecule has 0 heterocycles. The van der Waals surface area contributed by atoms with E-state index in [4.69, 9.17) is 9.05 Å². The number of allylic oxidation sites excluding steroid dienone is 5. The molecule has 9 heteroatoms. The second kappa shape index (κ2) is 57.4. The van der Waals surface area contributed by atoms with Gasteiger partial charge in [-0.05, 0) is 51.4 Å². The van der Waals surface area contributed by atoms with Gasteiger partial charge in [-0.15, -0.1) is 0 Å². The Hall–Kier alpha value is -1.28. The number of carbonyl (C=O) groups is 1. The van der Waals surface area contributed by atoms with Crippen LogP contribution in [0.5, 0.6) is 0 Å². The third-order valence-corrected chi connectivity index (χ3v) is 16.1. The highest BCUT2D eigenvalue weighted by molar-refractivity contribution is 7.45. The number of phosphoric ester groups is 1. The first-order valence-electron chi connectivity index (χ1n) is 32.9. The molecule has 0 aliphatic carbocycles. The fourth-order valence-corrected chi connectivity index (χ4v) is 10.7. The molecule has 0 fully saturated rings. The van der Waals surface area contributed by atoms with Crippen LogP contribution >= 0.6 is 7.82 Å². The van der Waals surface area contributed by atoms with Gasteiger partial charge in [-0.2, -0.15) is 0 Å². The molecule has 1 amide bonds. The van der Waals surface area contributed by atoms with E-state index in [-0.39, 0.29) is 19.1 Å². The Morgan fingerprint density at radius 3 is 1.11 bits per heavy atom. The summed E-state index contributed by atoms with van der Waals surface area (Å²) >= 11 is 0. The largest absolute Gasteiger partial charge is 0.756 e. The lowest BCUT2D eigenvalue weighted by molar-refractivity contribution is -0.870. The van der Waals surface area contributed by atoms with Crippen LogP contribution < -0.4 is 10.2 Å². The number of aliphatic hydroxyl groups is 1. The van der Waals surface area contributed by atoms with E-state index in [1.807, 2.05) is 27.2 Å². The van der Waals surface area contributed by atoms with Crippen molar-refractivity contribution in [1.29, 1.82) is 0 Å². The van der Waals surface area contributed by atoms with Gasteiger partial charge in [-0.25, -0.2) is 0 Å². The van der Waals surface area contributed by atoms with Gasteiger partial charge in [0.1, 0.15) is 13.2 Å².